The summed E-state index contributed by atoms with van der Waals surface area (Å²) in [6.45, 7) is 16.4. The van der Waals surface area contributed by atoms with E-state index in [1.165, 1.54) is 199 Å². The zero-order valence-electron chi connectivity index (χ0n) is 33.0. The van der Waals surface area contributed by atoms with Gasteiger partial charge in [0.15, 0.2) is 0 Å². The molecule has 0 radical (unpaired) electrons. The molecular weight excluding hydrogens is 603 g/mol. The van der Waals surface area contributed by atoms with Crippen LogP contribution in [0.25, 0.3) is 0 Å². The first kappa shape index (κ1) is 50.9. The highest BCUT2D eigenvalue weighted by Crippen LogP contribution is 2.55. The third kappa shape index (κ3) is 23.8. The van der Waals surface area contributed by atoms with Gasteiger partial charge in [-0.05, 0) is 37.5 Å². The lowest BCUT2D eigenvalue weighted by Gasteiger charge is -2.56. The first-order chi connectivity index (χ1) is 21.1. The molecule has 0 fully saturated rings. The lowest BCUT2D eigenvalue weighted by Crippen LogP contribution is -2.65. The summed E-state index contributed by atoms with van der Waals surface area (Å²) in [6.07, 6.45) is 43.4. The molecule has 0 saturated heterocycles. The van der Waals surface area contributed by atoms with Crippen LogP contribution in [-0.2, 0) is 0 Å². The molecule has 0 rings (SSSR count). The zero-order chi connectivity index (χ0) is 33.0. The van der Waals surface area contributed by atoms with E-state index in [-0.39, 0.29) is 35.6 Å². The van der Waals surface area contributed by atoms with E-state index in [1.807, 2.05) is 0 Å². The zero-order valence-corrected chi connectivity index (χ0v) is 34.6. The standard InChI is InChI=1S/C42H88N2.2ClH/c1-8-11-14-17-20-23-24-25-26-28-31-34-37-39(36-33-30-27-21-18-15-12-9-2)41(6,40(4,5)42(7,43)44)38-35-32-29-22-19-16-13-10-3;;/h39H,8-38,43-44H2,1-7H3;2*1H. The third-order valence-corrected chi connectivity index (χ3v) is 12.0. The highest BCUT2D eigenvalue weighted by molar-refractivity contribution is 5.85. The average molecular weight is 694 g/mol. The van der Waals surface area contributed by atoms with Crippen molar-refractivity contribution in [3.05, 3.63) is 0 Å². The van der Waals surface area contributed by atoms with Crippen molar-refractivity contribution in [1.82, 2.24) is 0 Å². The summed E-state index contributed by atoms with van der Waals surface area (Å²) in [5.41, 5.74) is 13.0. The minimum atomic E-state index is -0.671. The Morgan fingerprint density at radius 1 is 0.370 bits per heavy atom. The Hall–Kier alpha value is 0.500. The molecule has 46 heavy (non-hydrogen) atoms. The van der Waals surface area contributed by atoms with E-state index in [2.05, 4.69) is 48.5 Å². The SMILES string of the molecule is CCCCCCCCCCCCCCC(CCCCCCCCCC)C(C)(CCCCCCCCCC)C(C)(C)C(C)(N)N.Cl.Cl. The molecule has 0 heterocycles. The van der Waals surface area contributed by atoms with Gasteiger partial charge >= 0.3 is 0 Å². The Morgan fingerprint density at radius 3 is 0.870 bits per heavy atom. The smallest absolute Gasteiger partial charge is 0.0665 e. The Kier molecular flexibility index (Phi) is 36.2. The molecule has 0 aromatic carbocycles. The van der Waals surface area contributed by atoms with Crippen LogP contribution in [0.4, 0.5) is 0 Å². The van der Waals surface area contributed by atoms with Gasteiger partial charge < -0.3 is 11.5 Å². The van der Waals surface area contributed by atoms with Crippen LogP contribution < -0.4 is 11.5 Å². The number of unbranched alkanes of at least 4 members (excludes halogenated alkanes) is 25. The van der Waals surface area contributed by atoms with E-state index < -0.39 is 5.66 Å². The fourth-order valence-electron chi connectivity index (χ4n) is 7.81. The maximum atomic E-state index is 6.82. The van der Waals surface area contributed by atoms with Crippen molar-refractivity contribution in [2.45, 2.75) is 253 Å². The van der Waals surface area contributed by atoms with E-state index in [0.717, 1.165) is 5.92 Å². The van der Waals surface area contributed by atoms with Crippen LogP contribution in [0.2, 0.25) is 0 Å². The largest absolute Gasteiger partial charge is 0.313 e. The molecule has 0 aliphatic rings. The minimum Gasteiger partial charge on any atom is -0.313 e. The summed E-state index contributed by atoms with van der Waals surface area (Å²) in [5.74, 6) is 0.719. The molecule has 2 unspecified atom stereocenters. The van der Waals surface area contributed by atoms with Crippen LogP contribution in [0, 0.1) is 16.7 Å². The number of rotatable bonds is 34. The maximum absolute atomic E-state index is 6.82. The van der Waals surface area contributed by atoms with Gasteiger partial charge in [-0.15, -0.1) is 24.8 Å². The van der Waals surface area contributed by atoms with E-state index in [9.17, 15) is 0 Å². The second kappa shape index (κ2) is 32.7. The van der Waals surface area contributed by atoms with Crippen LogP contribution in [0.1, 0.15) is 248 Å². The molecule has 0 amide bonds. The predicted molar refractivity (Wildman–Crippen MR) is 217 cm³/mol. The number of nitrogens with two attached hydrogens (primary N) is 2. The Labute approximate surface area is 305 Å². The van der Waals surface area contributed by atoms with Crippen LogP contribution in [0.5, 0.6) is 0 Å². The lowest BCUT2D eigenvalue weighted by atomic mass is 9.52. The van der Waals surface area contributed by atoms with E-state index in [4.69, 9.17) is 11.5 Å². The number of halogens is 2. The molecule has 0 aromatic rings. The highest BCUT2D eigenvalue weighted by Gasteiger charge is 2.52. The first-order valence-electron chi connectivity index (χ1n) is 20.7. The molecule has 282 valence electrons. The monoisotopic (exact) mass is 693 g/mol. The Balaban J connectivity index is -0.00000924. The lowest BCUT2D eigenvalue weighted by molar-refractivity contribution is -0.0508. The summed E-state index contributed by atoms with van der Waals surface area (Å²) in [6, 6.07) is 0. The van der Waals surface area contributed by atoms with Crippen molar-refractivity contribution in [1.29, 1.82) is 0 Å². The predicted octanol–water partition coefficient (Wildman–Crippen LogP) is 15.3. The topological polar surface area (TPSA) is 52.0 Å². The Morgan fingerprint density at radius 2 is 0.609 bits per heavy atom. The van der Waals surface area contributed by atoms with Gasteiger partial charge in [0.1, 0.15) is 0 Å². The molecule has 0 bridgehead atoms. The average Bonchev–Trinajstić information content (AvgIpc) is 2.98. The number of hydrogen-bond acceptors (Lipinski definition) is 2. The highest BCUT2D eigenvalue weighted by atomic mass is 35.5. The van der Waals surface area contributed by atoms with E-state index in [1.54, 1.807) is 0 Å². The van der Waals surface area contributed by atoms with E-state index >= 15 is 0 Å². The Bertz CT molecular complexity index is 603. The van der Waals surface area contributed by atoms with Gasteiger partial charge in [-0.2, -0.15) is 0 Å². The van der Waals surface area contributed by atoms with E-state index in [0.29, 0.717) is 0 Å². The summed E-state index contributed by atoms with van der Waals surface area (Å²) in [5, 5.41) is 0. The molecule has 4 heteroatoms. The molecule has 2 nitrogen and oxygen atoms in total. The fourth-order valence-corrected chi connectivity index (χ4v) is 7.81. The van der Waals surface area contributed by atoms with Gasteiger partial charge in [0.25, 0.3) is 0 Å². The third-order valence-electron chi connectivity index (χ3n) is 12.0. The van der Waals surface area contributed by atoms with Crippen LogP contribution in [0.3, 0.4) is 0 Å². The van der Waals surface area contributed by atoms with Gasteiger partial charge in [-0.25, -0.2) is 0 Å². The summed E-state index contributed by atoms with van der Waals surface area (Å²) < 4.78 is 0. The summed E-state index contributed by atoms with van der Waals surface area (Å²) >= 11 is 0. The van der Waals surface area contributed by atoms with Crippen molar-refractivity contribution in [3.63, 3.8) is 0 Å². The van der Waals surface area contributed by atoms with Crippen molar-refractivity contribution in [2.75, 3.05) is 0 Å². The minimum absolute atomic E-state index is 0. The van der Waals surface area contributed by atoms with Crippen LogP contribution in [-0.4, -0.2) is 5.66 Å². The molecule has 0 aromatic heterocycles. The molecular formula is C42H90Cl2N2. The molecule has 0 spiro atoms. The maximum Gasteiger partial charge on any atom is 0.0665 e. The van der Waals surface area contributed by atoms with Crippen LogP contribution >= 0.6 is 24.8 Å². The molecule has 0 saturated carbocycles. The quantitative estimate of drug-likeness (QED) is 0.0521. The first-order valence-corrected chi connectivity index (χ1v) is 20.7. The van der Waals surface area contributed by atoms with Crippen molar-refractivity contribution < 1.29 is 0 Å². The van der Waals surface area contributed by atoms with Gasteiger partial charge in [0, 0.05) is 5.41 Å². The van der Waals surface area contributed by atoms with Gasteiger partial charge in [-0.1, -0.05) is 221 Å². The van der Waals surface area contributed by atoms with Gasteiger partial charge in [0.2, 0.25) is 0 Å². The molecule has 0 aliphatic carbocycles. The normalized spacial score (nSPS) is 14.0. The van der Waals surface area contributed by atoms with Crippen molar-refractivity contribution in [2.24, 2.45) is 28.2 Å². The molecule has 2 atom stereocenters. The summed E-state index contributed by atoms with van der Waals surface area (Å²) in [4.78, 5) is 0. The second-order valence-corrected chi connectivity index (χ2v) is 16.2. The van der Waals surface area contributed by atoms with Crippen LogP contribution in [0.15, 0.2) is 0 Å². The van der Waals surface area contributed by atoms with Gasteiger partial charge in [0.05, 0.1) is 5.66 Å². The van der Waals surface area contributed by atoms with Crippen molar-refractivity contribution >= 4 is 24.8 Å². The second-order valence-electron chi connectivity index (χ2n) is 16.2. The van der Waals surface area contributed by atoms with Crippen molar-refractivity contribution in [3.8, 4) is 0 Å². The molecule has 4 N–H and O–H groups in total. The fraction of sp³-hybridized carbons (Fsp3) is 1.00. The number of hydrogen-bond donors (Lipinski definition) is 2. The van der Waals surface area contributed by atoms with Gasteiger partial charge in [-0.3, -0.25) is 0 Å². The molecule has 0 aliphatic heterocycles. The summed E-state index contributed by atoms with van der Waals surface area (Å²) in [7, 11) is 0.